The van der Waals surface area contributed by atoms with Crippen LogP contribution < -0.4 is 9.47 Å². The third kappa shape index (κ3) is 3.01. The van der Waals surface area contributed by atoms with E-state index in [2.05, 4.69) is 47.4 Å². The van der Waals surface area contributed by atoms with E-state index in [-0.39, 0.29) is 17.9 Å². The lowest BCUT2D eigenvalue weighted by atomic mass is 10.0. The fourth-order valence-electron chi connectivity index (χ4n) is 2.11. The third-order valence-corrected chi connectivity index (χ3v) is 8.88. The molecule has 4 heteroatoms. The average molecular weight is 305 g/mol. The molecule has 0 spiro atoms. The molecule has 1 atom stereocenters. The molecule has 21 heavy (non-hydrogen) atoms. The van der Waals surface area contributed by atoms with Crippen LogP contribution in [0.2, 0.25) is 18.1 Å². The Morgan fingerprint density at radius 3 is 2.52 bits per heavy atom. The number of hydrogen-bond acceptors (Lipinski definition) is 3. The van der Waals surface area contributed by atoms with Gasteiger partial charge < -0.3 is 13.9 Å². The Hall–Kier alpha value is -1.26. The van der Waals surface area contributed by atoms with Crippen LogP contribution in [0, 0.1) is 6.92 Å². The molecule has 1 aromatic rings. The molecule has 1 unspecified atom stereocenters. The van der Waals surface area contributed by atoms with E-state index in [1.165, 1.54) is 0 Å². The molecule has 1 aromatic carbocycles. The minimum absolute atomic E-state index is 0.132. The van der Waals surface area contributed by atoms with Gasteiger partial charge in [-0.05, 0) is 36.7 Å². The third-order valence-electron chi connectivity index (χ3n) is 4.40. The Labute approximate surface area is 129 Å². The summed E-state index contributed by atoms with van der Waals surface area (Å²) in [7, 11) is -1.91. The van der Waals surface area contributed by atoms with Gasteiger partial charge in [0.2, 0.25) is 6.79 Å². The molecule has 0 aromatic heterocycles. The van der Waals surface area contributed by atoms with Gasteiger partial charge in [0, 0.05) is 5.56 Å². The van der Waals surface area contributed by atoms with Crippen LogP contribution in [0.3, 0.4) is 0 Å². The Bertz CT molecular complexity index is 544. The van der Waals surface area contributed by atoms with E-state index in [9.17, 15) is 0 Å². The second kappa shape index (κ2) is 5.50. The number of hydrogen-bond donors (Lipinski definition) is 0. The molecular weight excluding hydrogens is 280 g/mol. The molecule has 0 N–H and O–H groups in total. The van der Waals surface area contributed by atoms with Crippen LogP contribution >= 0.6 is 0 Å². The van der Waals surface area contributed by atoms with Crippen molar-refractivity contribution in [2.75, 3.05) is 6.79 Å². The number of rotatable bonds is 4. The van der Waals surface area contributed by atoms with Crippen molar-refractivity contribution in [3.8, 4) is 11.5 Å². The quantitative estimate of drug-likeness (QED) is 0.736. The summed E-state index contributed by atoms with van der Waals surface area (Å²) in [5.41, 5.74) is 1.92. The zero-order valence-electron chi connectivity index (χ0n) is 13.7. The lowest BCUT2D eigenvalue weighted by molar-refractivity contribution is 0.168. The van der Waals surface area contributed by atoms with E-state index < -0.39 is 8.32 Å². The number of fused-ring (bicyclic) bond motifs is 1. The molecule has 3 nitrogen and oxygen atoms in total. The summed E-state index contributed by atoms with van der Waals surface area (Å²) in [6.45, 7) is 19.4. The van der Waals surface area contributed by atoms with Gasteiger partial charge in [0.25, 0.3) is 0 Å². The summed E-state index contributed by atoms with van der Waals surface area (Å²) in [4.78, 5) is 0. The van der Waals surface area contributed by atoms with Gasteiger partial charge >= 0.3 is 0 Å². The molecule has 1 aliphatic heterocycles. The van der Waals surface area contributed by atoms with E-state index >= 15 is 0 Å². The van der Waals surface area contributed by atoms with Crippen molar-refractivity contribution in [1.82, 2.24) is 0 Å². The first kappa shape index (κ1) is 16.1. The van der Waals surface area contributed by atoms with E-state index in [1.807, 2.05) is 18.2 Å². The summed E-state index contributed by atoms with van der Waals surface area (Å²) in [5, 5.41) is 0.132. The molecule has 1 radical (unpaired) electrons. The molecule has 0 saturated heterocycles. The van der Waals surface area contributed by atoms with Gasteiger partial charge in [-0.3, -0.25) is 0 Å². The largest absolute Gasteiger partial charge is 0.454 e. The van der Waals surface area contributed by atoms with Crippen LogP contribution in [0.25, 0.3) is 6.08 Å². The molecule has 0 amide bonds. The molecule has 2 rings (SSSR count). The van der Waals surface area contributed by atoms with E-state index in [1.54, 1.807) is 0 Å². The van der Waals surface area contributed by atoms with E-state index in [4.69, 9.17) is 13.9 Å². The van der Waals surface area contributed by atoms with Gasteiger partial charge in [0.1, 0.15) is 0 Å². The second-order valence-electron chi connectivity index (χ2n) is 6.87. The first-order valence-electron chi connectivity index (χ1n) is 7.23. The van der Waals surface area contributed by atoms with Gasteiger partial charge in [0.15, 0.2) is 19.8 Å². The summed E-state index contributed by atoms with van der Waals surface area (Å²) in [5.74, 6) is 1.49. The van der Waals surface area contributed by atoms with E-state index in [0.717, 1.165) is 22.6 Å². The van der Waals surface area contributed by atoms with Gasteiger partial charge in [0.05, 0.1) is 6.10 Å². The molecule has 1 aliphatic rings. The van der Waals surface area contributed by atoms with Crippen molar-refractivity contribution < 1.29 is 13.9 Å². The van der Waals surface area contributed by atoms with Gasteiger partial charge in [-0.25, -0.2) is 0 Å². The van der Waals surface area contributed by atoms with Crippen LogP contribution in [0.5, 0.6) is 11.5 Å². The molecule has 115 valence electrons. The monoisotopic (exact) mass is 305 g/mol. The lowest BCUT2D eigenvalue weighted by Crippen LogP contribution is -2.41. The normalized spacial score (nSPS) is 15.9. The molecule has 0 bridgehead atoms. The maximum absolute atomic E-state index is 6.40. The molecule has 0 saturated carbocycles. The molecule has 1 heterocycles. The highest BCUT2D eigenvalue weighted by Crippen LogP contribution is 2.45. The van der Waals surface area contributed by atoms with Crippen molar-refractivity contribution in [2.45, 2.75) is 45.0 Å². The van der Waals surface area contributed by atoms with Gasteiger partial charge in [-0.15, -0.1) is 0 Å². The predicted molar refractivity (Wildman–Crippen MR) is 89.0 cm³/mol. The predicted octanol–water partition coefficient (Wildman–Crippen LogP) is 4.96. The average Bonchev–Trinajstić information content (AvgIpc) is 2.83. The zero-order chi connectivity index (χ0) is 15.8. The summed E-state index contributed by atoms with van der Waals surface area (Å²) >= 11 is 0. The fourth-order valence-corrected chi connectivity index (χ4v) is 3.29. The second-order valence-corrected chi connectivity index (χ2v) is 11.6. The first-order chi connectivity index (χ1) is 9.67. The molecule has 0 fully saturated rings. The van der Waals surface area contributed by atoms with E-state index in [0.29, 0.717) is 0 Å². The minimum Gasteiger partial charge on any atom is -0.454 e. The van der Waals surface area contributed by atoms with Crippen LogP contribution in [-0.2, 0) is 4.43 Å². The van der Waals surface area contributed by atoms with Crippen LogP contribution in [0.4, 0.5) is 0 Å². The Kier molecular flexibility index (Phi) is 4.22. The standard InChI is InChI=1S/C17H25O3Si/c1-8-13-9-10-14-16(19-11-18-14)15(13)12(2)20-21(6,7)17(3,4)5/h8-10,12H,1-2,11H2,3-7H3. The summed E-state index contributed by atoms with van der Waals surface area (Å²) in [6.07, 6.45) is 1.51. The first-order valence-corrected chi connectivity index (χ1v) is 10.1. The van der Waals surface area contributed by atoms with Crippen LogP contribution in [0.1, 0.15) is 38.0 Å². The van der Waals surface area contributed by atoms with Crippen molar-refractivity contribution in [1.29, 1.82) is 0 Å². The van der Waals surface area contributed by atoms with Crippen molar-refractivity contribution in [3.05, 3.63) is 36.8 Å². The fraction of sp³-hybridized carbons (Fsp3) is 0.471. The zero-order valence-corrected chi connectivity index (χ0v) is 14.7. The highest BCUT2D eigenvalue weighted by Gasteiger charge is 2.39. The smallest absolute Gasteiger partial charge is 0.231 e. The van der Waals surface area contributed by atoms with Crippen LogP contribution in [-0.4, -0.2) is 15.1 Å². The Balaban J connectivity index is 2.38. The Morgan fingerprint density at radius 2 is 1.95 bits per heavy atom. The minimum atomic E-state index is -1.91. The van der Waals surface area contributed by atoms with Crippen molar-refractivity contribution in [2.24, 2.45) is 0 Å². The molecule has 0 aliphatic carbocycles. The lowest BCUT2D eigenvalue weighted by Gasteiger charge is -2.38. The molecular formula is C17H25O3Si. The van der Waals surface area contributed by atoms with Crippen molar-refractivity contribution in [3.63, 3.8) is 0 Å². The SMILES string of the molecule is [CH2]C(O[Si](C)(C)C(C)(C)C)c1c(C=C)ccc2c1OCO2. The highest BCUT2D eigenvalue weighted by molar-refractivity contribution is 6.74. The Morgan fingerprint density at radius 1 is 1.29 bits per heavy atom. The maximum atomic E-state index is 6.40. The summed E-state index contributed by atoms with van der Waals surface area (Å²) in [6, 6.07) is 3.88. The maximum Gasteiger partial charge on any atom is 0.231 e. The number of benzene rings is 1. The van der Waals surface area contributed by atoms with Gasteiger partial charge in [-0.2, -0.15) is 0 Å². The van der Waals surface area contributed by atoms with Crippen molar-refractivity contribution >= 4 is 14.4 Å². The number of ether oxygens (including phenoxy) is 2. The van der Waals surface area contributed by atoms with Gasteiger partial charge in [-0.1, -0.05) is 39.5 Å². The van der Waals surface area contributed by atoms with Crippen LogP contribution in [0.15, 0.2) is 18.7 Å². The topological polar surface area (TPSA) is 27.7 Å². The summed E-state index contributed by atoms with van der Waals surface area (Å²) < 4.78 is 17.5. The highest BCUT2D eigenvalue weighted by atomic mass is 28.4.